The van der Waals surface area contributed by atoms with E-state index >= 15 is 0 Å². The second-order valence-electron chi connectivity index (χ2n) is 3.69. The molecule has 1 aromatic heterocycles. The number of nitrogen functional groups attached to an aromatic ring is 1. The summed E-state index contributed by atoms with van der Waals surface area (Å²) in [7, 11) is 0. The van der Waals surface area contributed by atoms with Gasteiger partial charge in [-0.15, -0.1) is 0 Å². The highest BCUT2D eigenvalue weighted by molar-refractivity contribution is 6.42. The van der Waals surface area contributed by atoms with Gasteiger partial charge in [0.05, 0.1) is 26.4 Å². The number of nitrogens with zero attached hydrogens (tertiary/aromatic N) is 1. The van der Waals surface area contributed by atoms with Crippen molar-refractivity contribution in [3.8, 4) is 11.3 Å². The van der Waals surface area contributed by atoms with Crippen LogP contribution in [0.25, 0.3) is 11.3 Å². The van der Waals surface area contributed by atoms with Gasteiger partial charge >= 0.3 is 5.97 Å². The summed E-state index contributed by atoms with van der Waals surface area (Å²) in [4.78, 5) is 15.0. The van der Waals surface area contributed by atoms with Gasteiger partial charge in [-0.1, -0.05) is 40.9 Å². The number of carbonyl (C=O) groups is 1. The molecule has 4 nitrogen and oxygen atoms in total. The van der Waals surface area contributed by atoms with E-state index in [1.807, 2.05) is 0 Å². The van der Waals surface area contributed by atoms with Gasteiger partial charge in [0.2, 0.25) is 0 Å². The molecule has 0 unspecified atom stereocenters. The zero-order valence-electron chi connectivity index (χ0n) is 9.32. The molecule has 0 aliphatic rings. The van der Waals surface area contributed by atoms with Crippen LogP contribution in [0.4, 0.5) is 5.69 Å². The zero-order chi connectivity index (χ0) is 14.2. The molecule has 19 heavy (non-hydrogen) atoms. The number of anilines is 1. The Hall–Kier alpha value is -1.49. The maximum Gasteiger partial charge on any atom is 0.356 e. The number of nitrogens with two attached hydrogens (primary N) is 1. The summed E-state index contributed by atoms with van der Waals surface area (Å²) in [6, 6.07) is 6.31. The van der Waals surface area contributed by atoms with Gasteiger partial charge in [-0.25, -0.2) is 9.78 Å². The Morgan fingerprint density at radius 2 is 1.84 bits per heavy atom. The molecule has 0 saturated carbocycles. The molecule has 0 aliphatic heterocycles. The first kappa shape index (κ1) is 13.9. The average molecular weight is 318 g/mol. The Morgan fingerprint density at radius 3 is 2.42 bits per heavy atom. The molecule has 3 N–H and O–H groups in total. The van der Waals surface area contributed by atoms with Crippen molar-refractivity contribution >= 4 is 46.5 Å². The number of pyridine rings is 1. The van der Waals surface area contributed by atoms with Gasteiger partial charge in [-0.05, 0) is 18.2 Å². The lowest BCUT2D eigenvalue weighted by Gasteiger charge is -2.07. The van der Waals surface area contributed by atoms with E-state index < -0.39 is 5.97 Å². The minimum Gasteiger partial charge on any atom is -0.476 e. The molecule has 1 heterocycles. The number of rotatable bonds is 2. The Balaban J connectivity index is 2.62. The molecule has 0 fully saturated rings. The summed E-state index contributed by atoms with van der Waals surface area (Å²) in [5.74, 6) is -1.25. The predicted octanol–water partition coefficient (Wildman–Crippen LogP) is 3.99. The fourth-order valence-corrected chi connectivity index (χ4v) is 1.97. The molecule has 0 aliphatic carbocycles. The highest BCUT2D eigenvalue weighted by atomic mass is 35.5. The number of aromatic nitrogens is 1. The first-order valence-corrected chi connectivity index (χ1v) is 6.18. The monoisotopic (exact) mass is 316 g/mol. The van der Waals surface area contributed by atoms with E-state index in [2.05, 4.69) is 4.98 Å². The first-order valence-electron chi connectivity index (χ1n) is 5.05. The molecule has 0 spiro atoms. The topological polar surface area (TPSA) is 76.2 Å². The maximum absolute atomic E-state index is 11.0. The van der Waals surface area contributed by atoms with Gasteiger partial charge in [-0.2, -0.15) is 0 Å². The summed E-state index contributed by atoms with van der Waals surface area (Å²) < 4.78 is 0. The predicted molar refractivity (Wildman–Crippen MR) is 76.1 cm³/mol. The summed E-state index contributed by atoms with van der Waals surface area (Å²) in [5, 5.41) is 9.66. The number of hydrogen-bond donors (Lipinski definition) is 2. The number of benzene rings is 1. The summed E-state index contributed by atoms with van der Waals surface area (Å²) >= 11 is 17.5. The van der Waals surface area contributed by atoms with Crippen molar-refractivity contribution in [1.29, 1.82) is 0 Å². The summed E-state index contributed by atoms with van der Waals surface area (Å²) in [5.41, 5.74) is 6.46. The molecule has 0 atom stereocenters. The van der Waals surface area contributed by atoms with E-state index in [1.54, 1.807) is 18.2 Å². The highest BCUT2D eigenvalue weighted by Gasteiger charge is 2.16. The van der Waals surface area contributed by atoms with Crippen LogP contribution < -0.4 is 5.73 Å². The maximum atomic E-state index is 11.0. The van der Waals surface area contributed by atoms with Gasteiger partial charge < -0.3 is 10.8 Å². The smallest absolute Gasteiger partial charge is 0.356 e. The molecule has 0 radical (unpaired) electrons. The molecule has 0 saturated heterocycles. The van der Waals surface area contributed by atoms with Crippen LogP contribution in [-0.4, -0.2) is 16.1 Å². The Labute approximate surface area is 123 Å². The second kappa shape index (κ2) is 5.25. The van der Waals surface area contributed by atoms with E-state index in [0.29, 0.717) is 21.3 Å². The van der Waals surface area contributed by atoms with Gasteiger partial charge in [0.15, 0.2) is 5.69 Å². The van der Waals surface area contributed by atoms with Crippen molar-refractivity contribution in [2.75, 3.05) is 5.73 Å². The third-order valence-corrected chi connectivity index (χ3v) is 3.54. The molecular weight excluding hydrogens is 311 g/mol. The normalized spacial score (nSPS) is 10.5. The number of carboxylic acids is 1. The van der Waals surface area contributed by atoms with Crippen molar-refractivity contribution in [3.63, 3.8) is 0 Å². The third-order valence-electron chi connectivity index (χ3n) is 2.40. The Morgan fingerprint density at radius 1 is 1.16 bits per heavy atom. The van der Waals surface area contributed by atoms with E-state index in [0.717, 1.165) is 0 Å². The van der Waals surface area contributed by atoms with Crippen LogP contribution in [0.5, 0.6) is 0 Å². The second-order valence-corrected chi connectivity index (χ2v) is 4.89. The quantitative estimate of drug-likeness (QED) is 0.878. The van der Waals surface area contributed by atoms with Gasteiger partial charge in [-0.3, -0.25) is 0 Å². The third kappa shape index (κ3) is 2.76. The number of hydrogen-bond acceptors (Lipinski definition) is 3. The van der Waals surface area contributed by atoms with Crippen LogP contribution in [0, 0.1) is 0 Å². The van der Waals surface area contributed by atoms with Crippen molar-refractivity contribution in [1.82, 2.24) is 4.98 Å². The highest BCUT2D eigenvalue weighted by Crippen LogP contribution is 2.31. The van der Waals surface area contributed by atoms with Crippen LogP contribution in [0.3, 0.4) is 0 Å². The summed E-state index contributed by atoms with van der Waals surface area (Å²) in [6.45, 7) is 0. The molecular formula is C12H7Cl3N2O2. The van der Waals surface area contributed by atoms with E-state index in [4.69, 9.17) is 45.6 Å². The number of aromatic carboxylic acids is 1. The van der Waals surface area contributed by atoms with Gasteiger partial charge in [0.25, 0.3) is 0 Å². The molecule has 2 rings (SSSR count). The molecule has 7 heteroatoms. The minimum atomic E-state index is -1.25. The zero-order valence-corrected chi connectivity index (χ0v) is 11.6. The van der Waals surface area contributed by atoms with Gasteiger partial charge in [0, 0.05) is 5.56 Å². The molecule has 98 valence electrons. The fraction of sp³-hybridized carbons (Fsp3) is 0. The van der Waals surface area contributed by atoms with Crippen LogP contribution in [0.15, 0.2) is 24.3 Å². The van der Waals surface area contributed by atoms with Crippen LogP contribution in [-0.2, 0) is 0 Å². The lowest BCUT2D eigenvalue weighted by atomic mass is 10.1. The standard InChI is InChI=1S/C12H7Cl3N2O2/c13-6-2-1-5(3-7(6)14)9-4-8(16)10(15)11(17-9)12(18)19/h1-4H,(H2,16,17)(H,18,19). The lowest BCUT2D eigenvalue weighted by molar-refractivity contribution is 0.0691. The van der Waals surface area contributed by atoms with Crippen molar-refractivity contribution < 1.29 is 9.90 Å². The molecule has 0 bridgehead atoms. The Bertz CT molecular complexity index is 674. The largest absolute Gasteiger partial charge is 0.476 e. The SMILES string of the molecule is Nc1cc(-c2ccc(Cl)c(Cl)c2)nc(C(=O)O)c1Cl. The van der Waals surface area contributed by atoms with E-state index in [1.165, 1.54) is 6.07 Å². The van der Waals surface area contributed by atoms with E-state index in [9.17, 15) is 4.79 Å². The van der Waals surface area contributed by atoms with Crippen LogP contribution >= 0.6 is 34.8 Å². The minimum absolute atomic E-state index is 0.0867. The number of halogens is 3. The Kier molecular flexibility index (Phi) is 3.85. The van der Waals surface area contributed by atoms with Crippen molar-refractivity contribution in [3.05, 3.63) is 45.0 Å². The molecule has 2 aromatic rings. The average Bonchev–Trinajstić information content (AvgIpc) is 2.35. The molecule has 0 amide bonds. The first-order chi connectivity index (χ1) is 8.90. The van der Waals surface area contributed by atoms with Crippen molar-refractivity contribution in [2.24, 2.45) is 0 Å². The van der Waals surface area contributed by atoms with E-state index in [-0.39, 0.29) is 16.4 Å². The summed E-state index contributed by atoms with van der Waals surface area (Å²) in [6.07, 6.45) is 0. The molecule has 1 aromatic carbocycles. The van der Waals surface area contributed by atoms with Crippen LogP contribution in [0.2, 0.25) is 15.1 Å². The van der Waals surface area contributed by atoms with Crippen LogP contribution in [0.1, 0.15) is 10.5 Å². The lowest BCUT2D eigenvalue weighted by Crippen LogP contribution is -2.05. The van der Waals surface area contributed by atoms with Crippen molar-refractivity contribution in [2.45, 2.75) is 0 Å². The van der Waals surface area contributed by atoms with Gasteiger partial charge in [0.1, 0.15) is 0 Å². The number of carboxylic acid groups (broad SMARTS) is 1. The fourth-order valence-electron chi connectivity index (χ4n) is 1.49.